The van der Waals surface area contributed by atoms with Crippen molar-refractivity contribution in [3.8, 4) is 0 Å². The van der Waals surface area contributed by atoms with Crippen molar-refractivity contribution in [2.75, 3.05) is 11.4 Å². The molecule has 0 aliphatic carbocycles. The van der Waals surface area contributed by atoms with Crippen molar-refractivity contribution in [2.45, 2.75) is 20.0 Å². The van der Waals surface area contributed by atoms with Crippen LogP contribution in [-0.4, -0.2) is 11.7 Å². The topological polar surface area (TPSA) is 23.5 Å². The van der Waals surface area contributed by atoms with Gasteiger partial charge in [0.1, 0.15) is 11.6 Å². The first-order valence-corrected chi connectivity index (χ1v) is 6.54. The van der Waals surface area contributed by atoms with Gasteiger partial charge < -0.3 is 10.0 Å². The number of halogens is 2. The van der Waals surface area contributed by atoms with Crippen LogP contribution in [0, 0.1) is 11.6 Å². The molecule has 4 heteroatoms. The highest BCUT2D eigenvalue weighted by atomic mass is 19.1. The van der Waals surface area contributed by atoms with Gasteiger partial charge in [-0.05, 0) is 32.0 Å². The molecule has 0 spiro atoms. The van der Waals surface area contributed by atoms with E-state index in [9.17, 15) is 13.9 Å². The van der Waals surface area contributed by atoms with E-state index in [4.69, 9.17) is 0 Å². The maximum absolute atomic E-state index is 14.2. The Bertz CT molecular complexity index is 599. The number of para-hydroxylation sites is 2. The summed E-state index contributed by atoms with van der Waals surface area (Å²) in [6.07, 6.45) is -0.832. The molecule has 0 heterocycles. The van der Waals surface area contributed by atoms with E-state index in [2.05, 4.69) is 0 Å². The van der Waals surface area contributed by atoms with Crippen LogP contribution in [-0.2, 0) is 0 Å². The van der Waals surface area contributed by atoms with Gasteiger partial charge in [0.2, 0.25) is 0 Å². The van der Waals surface area contributed by atoms with E-state index in [-0.39, 0.29) is 5.69 Å². The average Bonchev–Trinajstić information content (AvgIpc) is 2.43. The van der Waals surface area contributed by atoms with Crippen molar-refractivity contribution in [1.29, 1.82) is 0 Å². The summed E-state index contributed by atoms with van der Waals surface area (Å²) >= 11 is 0. The van der Waals surface area contributed by atoms with Gasteiger partial charge >= 0.3 is 0 Å². The van der Waals surface area contributed by atoms with Crippen molar-refractivity contribution < 1.29 is 13.9 Å². The normalized spacial score (nSPS) is 12.2. The summed E-state index contributed by atoms with van der Waals surface area (Å²) in [5.74, 6) is -0.900. The lowest BCUT2D eigenvalue weighted by atomic mass is 10.1. The van der Waals surface area contributed by atoms with Crippen LogP contribution in [0.3, 0.4) is 0 Å². The first-order valence-electron chi connectivity index (χ1n) is 6.54. The van der Waals surface area contributed by atoms with E-state index in [1.165, 1.54) is 23.1 Å². The van der Waals surface area contributed by atoms with Crippen molar-refractivity contribution >= 4 is 11.4 Å². The van der Waals surface area contributed by atoms with Gasteiger partial charge in [-0.3, -0.25) is 0 Å². The zero-order valence-corrected chi connectivity index (χ0v) is 11.5. The van der Waals surface area contributed by atoms with Gasteiger partial charge in [0, 0.05) is 12.1 Å². The van der Waals surface area contributed by atoms with Crippen LogP contribution in [0.5, 0.6) is 0 Å². The SMILES string of the molecule is CCN(c1ccccc1F)c1c(F)cccc1[C@H](C)O. The largest absolute Gasteiger partial charge is 0.389 e. The van der Waals surface area contributed by atoms with E-state index >= 15 is 0 Å². The number of benzene rings is 2. The summed E-state index contributed by atoms with van der Waals surface area (Å²) in [6, 6.07) is 10.7. The van der Waals surface area contributed by atoms with Crippen LogP contribution in [0.25, 0.3) is 0 Å². The highest BCUT2D eigenvalue weighted by Crippen LogP contribution is 2.35. The van der Waals surface area contributed by atoms with Crippen LogP contribution in [0.4, 0.5) is 20.2 Å². The van der Waals surface area contributed by atoms with E-state index in [0.29, 0.717) is 17.8 Å². The molecular weight excluding hydrogens is 260 g/mol. The summed E-state index contributed by atoms with van der Waals surface area (Å²) in [5.41, 5.74) is 0.951. The Morgan fingerprint density at radius 2 is 1.70 bits per heavy atom. The first-order chi connectivity index (χ1) is 9.56. The van der Waals surface area contributed by atoms with Gasteiger partial charge in [-0.25, -0.2) is 8.78 Å². The lowest BCUT2D eigenvalue weighted by Crippen LogP contribution is -2.21. The Hall–Kier alpha value is -1.94. The summed E-state index contributed by atoms with van der Waals surface area (Å²) in [7, 11) is 0. The Morgan fingerprint density at radius 1 is 1.05 bits per heavy atom. The molecule has 1 N–H and O–H groups in total. The van der Waals surface area contributed by atoms with E-state index < -0.39 is 17.7 Å². The Kier molecular flexibility index (Phi) is 4.35. The van der Waals surface area contributed by atoms with Crippen LogP contribution in [0.1, 0.15) is 25.5 Å². The van der Waals surface area contributed by atoms with Crippen LogP contribution >= 0.6 is 0 Å². The predicted octanol–water partition coefficient (Wildman–Crippen LogP) is 4.18. The maximum atomic E-state index is 14.2. The zero-order chi connectivity index (χ0) is 14.7. The minimum absolute atomic E-state index is 0.218. The molecule has 0 aliphatic rings. The molecule has 0 radical (unpaired) electrons. The standard InChI is InChI=1S/C16H17F2NO/c1-3-19(15-10-5-4-8-13(15)17)16-12(11(2)20)7-6-9-14(16)18/h4-11,20H,3H2,1-2H3/t11-/m0/s1. The average molecular weight is 277 g/mol. The van der Waals surface area contributed by atoms with Gasteiger partial charge in [0.05, 0.1) is 17.5 Å². The number of nitrogens with zero attached hydrogens (tertiary/aromatic N) is 1. The minimum Gasteiger partial charge on any atom is -0.389 e. The predicted molar refractivity (Wildman–Crippen MR) is 76.1 cm³/mol. The molecule has 0 saturated carbocycles. The maximum Gasteiger partial charge on any atom is 0.147 e. The van der Waals surface area contributed by atoms with Gasteiger partial charge in [-0.15, -0.1) is 0 Å². The molecular formula is C16H17F2NO. The Morgan fingerprint density at radius 3 is 2.30 bits per heavy atom. The second-order valence-corrected chi connectivity index (χ2v) is 4.55. The van der Waals surface area contributed by atoms with Crippen molar-refractivity contribution in [2.24, 2.45) is 0 Å². The molecule has 0 bridgehead atoms. The molecule has 0 aromatic heterocycles. The Labute approximate surface area is 117 Å². The molecule has 2 nitrogen and oxygen atoms in total. The van der Waals surface area contributed by atoms with Crippen molar-refractivity contribution in [3.63, 3.8) is 0 Å². The third-order valence-corrected chi connectivity index (χ3v) is 3.20. The molecule has 2 aromatic rings. The van der Waals surface area contributed by atoms with Gasteiger partial charge in [-0.2, -0.15) is 0 Å². The number of hydrogen-bond acceptors (Lipinski definition) is 2. The molecule has 0 unspecified atom stereocenters. The highest BCUT2D eigenvalue weighted by Gasteiger charge is 2.20. The van der Waals surface area contributed by atoms with E-state index in [1.54, 1.807) is 31.2 Å². The summed E-state index contributed by atoms with van der Waals surface area (Å²) in [5, 5.41) is 9.80. The van der Waals surface area contributed by atoms with Crippen molar-refractivity contribution in [3.05, 3.63) is 59.7 Å². The molecule has 1 atom stereocenters. The second kappa shape index (κ2) is 6.01. The molecule has 0 aliphatic heterocycles. The fraction of sp³-hybridized carbons (Fsp3) is 0.250. The molecule has 2 aromatic carbocycles. The van der Waals surface area contributed by atoms with Crippen LogP contribution in [0.15, 0.2) is 42.5 Å². The third kappa shape index (κ3) is 2.65. The molecule has 0 fully saturated rings. The molecule has 2 rings (SSSR count). The molecule has 106 valence electrons. The second-order valence-electron chi connectivity index (χ2n) is 4.55. The summed E-state index contributed by atoms with van der Waals surface area (Å²) in [6.45, 7) is 3.76. The van der Waals surface area contributed by atoms with Crippen molar-refractivity contribution in [1.82, 2.24) is 0 Å². The lowest BCUT2D eigenvalue weighted by Gasteiger charge is -2.27. The Balaban J connectivity index is 2.61. The molecule has 0 amide bonds. The zero-order valence-electron chi connectivity index (χ0n) is 11.5. The highest BCUT2D eigenvalue weighted by molar-refractivity contribution is 5.68. The summed E-state index contributed by atoms with van der Waals surface area (Å²) in [4.78, 5) is 1.53. The smallest absolute Gasteiger partial charge is 0.147 e. The quantitative estimate of drug-likeness (QED) is 0.906. The van der Waals surface area contributed by atoms with Gasteiger partial charge in [-0.1, -0.05) is 24.3 Å². The van der Waals surface area contributed by atoms with Crippen LogP contribution in [0.2, 0.25) is 0 Å². The minimum atomic E-state index is -0.832. The lowest BCUT2D eigenvalue weighted by molar-refractivity contribution is 0.199. The molecule has 20 heavy (non-hydrogen) atoms. The third-order valence-electron chi connectivity index (χ3n) is 3.20. The monoisotopic (exact) mass is 277 g/mol. The van der Waals surface area contributed by atoms with Gasteiger partial charge in [0.25, 0.3) is 0 Å². The fourth-order valence-corrected chi connectivity index (χ4v) is 2.27. The van der Waals surface area contributed by atoms with Gasteiger partial charge in [0.15, 0.2) is 0 Å². The number of rotatable bonds is 4. The van der Waals surface area contributed by atoms with Crippen LogP contribution < -0.4 is 4.90 Å². The first kappa shape index (κ1) is 14.5. The number of hydrogen-bond donors (Lipinski definition) is 1. The molecule has 0 saturated heterocycles. The summed E-state index contributed by atoms with van der Waals surface area (Å²) < 4.78 is 28.1. The fourth-order valence-electron chi connectivity index (χ4n) is 2.27. The number of aliphatic hydroxyl groups excluding tert-OH is 1. The number of aliphatic hydroxyl groups is 1. The van der Waals surface area contributed by atoms with E-state index in [0.717, 1.165) is 0 Å². The number of anilines is 2. The van der Waals surface area contributed by atoms with E-state index in [1.807, 2.05) is 6.92 Å².